The lowest BCUT2D eigenvalue weighted by atomic mass is 10.1. The molecule has 158 valence electrons. The molecule has 0 aliphatic rings. The molecule has 6 nitrogen and oxygen atoms in total. The van der Waals surface area contributed by atoms with Crippen molar-refractivity contribution in [2.45, 2.75) is 20.0 Å². The van der Waals surface area contributed by atoms with Gasteiger partial charge in [-0.05, 0) is 24.6 Å². The van der Waals surface area contributed by atoms with E-state index in [0.717, 1.165) is 16.8 Å². The maximum absolute atomic E-state index is 13.0. The monoisotopic (exact) mass is 456 g/mol. The van der Waals surface area contributed by atoms with E-state index in [2.05, 4.69) is 16.7 Å². The highest BCUT2D eigenvalue weighted by atomic mass is 35.5. The highest BCUT2D eigenvalue weighted by molar-refractivity contribution is 6.38. The summed E-state index contributed by atoms with van der Waals surface area (Å²) < 4.78 is 40.1. The number of halogens is 5. The number of hydrogen-bond acceptors (Lipinski definition) is 4. The summed E-state index contributed by atoms with van der Waals surface area (Å²) in [5.74, 6) is 0.177. The van der Waals surface area contributed by atoms with E-state index in [-0.39, 0.29) is 27.2 Å². The van der Waals surface area contributed by atoms with E-state index in [1.54, 1.807) is 32.0 Å². The van der Waals surface area contributed by atoms with E-state index in [0.29, 0.717) is 11.1 Å². The number of aromatic nitrogens is 2. The van der Waals surface area contributed by atoms with E-state index in [9.17, 15) is 18.4 Å². The minimum atomic E-state index is -4.61. The van der Waals surface area contributed by atoms with Crippen LogP contribution in [-0.4, -0.2) is 35.1 Å². The zero-order valence-electron chi connectivity index (χ0n) is 16.5. The van der Waals surface area contributed by atoms with Crippen molar-refractivity contribution in [1.29, 1.82) is 10.5 Å². The maximum atomic E-state index is 13.0. The number of nitriles is 2. The molecule has 1 aromatic carbocycles. The second-order valence-corrected chi connectivity index (χ2v) is 6.88. The van der Waals surface area contributed by atoms with Gasteiger partial charge < -0.3 is 4.90 Å². The lowest BCUT2D eigenvalue weighted by Gasteiger charge is -2.14. The van der Waals surface area contributed by atoms with E-state index in [1.807, 2.05) is 6.07 Å². The smallest absolute Gasteiger partial charge is 0.369 e. The third kappa shape index (κ3) is 5.76. The quantitative estimate of drug-likeness (QED) is 0.426. The standard InChI is InChI=1S/C17H14Cl2F3N5.C2H3N/c1-9(2)14-13(7-23)25-27(16(14)24-8-26(3)4)15-11(18)5-10(6-12(15)19)17(20,21)22;1-2-3/h5-6,8H,1H2,2-4H3;1H3. The molecule has 0 N–H and O–H groups in total. The highest BCUT2D eigenvalue weighted by Gasteiger charge is 2.33. The molecule has 1 aromatic heterocycles. The summed E-state index contributed by atoms with van der Waals surface area (Å²) in [7, 11) is 3.46. The van der Waals surface area contributed by atoms with E-state index < -0.39 is 11.7 Å². The second-order valence-electron chi connectivity index (χ2n) is 6.07. The minimum absolute atomic E-state index is 0.000405. The van der Waals surface area contributed by atoms with E-state index >= 15 is 0 Å². The molecular formula is C19H17Cl2F3N6. The molecule has 2 rings (SSSR count). The molecule has 0 aliphatic heterocycles. The summed E-state index contributed by atoms with van der Waals surface area (Å²) in [6.45, 7) is 6.90. The van der Waals surface area contributed by atoms with Crippen LogP contribution in [0.2, 0.25) is 10.0 Å². The van der Waals surface area contributed by atoms with Crippen molar-refractivity contribution in [3.8, 4) is 17.8 Å². The lowest BCUT2D eigenvalue weighted by Crippen LogP contribution is -2.09. The molecule has 0 amide bonds. The minimum Gasteiger partial charge on any atom is -0.369 e. The van der Waals surface area contributed by atoms with Gasteiger partial charge in [-0.2, -0.15) is 28.8 Å². The third-order valence-corrected chi connectivity index (χ3v) is 3.94. The van der Waals surface area contributed by atoms with Crippen LogP contribution in [0, 0.1) is 22.7 Å². The summed E-state index contributed by atoms with van der Waals surface area (Å²) in [6, 6.07) is 5.17. The average molecular weight is 457 g/mol. The Morgan fingerprint density at radius 3 is 2.13 bits per heavy atom. The van der Waals surface area contributed by atoms with Crippen LogP contribution >= 0.6 is 23.2 Å². The Morgan fingerprint density at radius 1 is 1.27 bits per heavy atom. The third-order valence-electron chi connectivity index (χ3n) is 3.36. The van der Waals surface area contributed by atoms with Crippen LogP contribution in [0.15, 0.2) is 23.7 Å². The van der Waals surface area contributed by atoms with Crippen molar-refractivity contribution in [3.63, 3.8) is 0 Å². The van der Waals surface area contributed by atoms with Crippen LogP contribution < -0.4 is 0 Å². The number of hydrogen-bond donors (Lipinski definition) is 0. The van der Waals surface area contributed by atoms with Gasteiger partial charge in [0, 0.05) is 21.0 Å². The maximum Gasteiger partial charge on any atom is 0.416 e. The largest absolute Gasteiger partial charge is 0.416 e. The van der Waals surface area contributed by atoms with Crippen LogP contribution in [0.1, 0.15) is 30.7 Å². The Hall–Kier alpha value is -3.01. The first-order chi connectivity index (χ1) is 13.9. The summed E-state index contributed by atoms with van der Waals surface area (Å²) in [5.41, 5.74) is -0.153. The number of nitrogens with zero attached hydrogens (tertiary/aromatic N) is 6. The lowest BCUT2D eigenvalue weighted by molar-refractivity contribution is -0.137. The molecule has 0 unspecified atom stereocenters. The van der Waals surface area contributed by atoms with Gasteiger partial charge in [0.1, 0.15) is 11.8 Å². The van der Waals surface area contributed by atoms with Crippen molar-refractivity contribution >= 4 is 40.9 Å². The topological polar surface area (TPSA) is 81.0 Å². The van der Waals surface area contributed by atoms with Crippen molar-refractivity contribution in [1.82, 2.24) is 14.7 Å². The number of alkyl halides is 3. The number of benzene rings is 1. The fraction of sp³-hybridized carbons (Fsp3) is 0.263. The first kappa shape index (κ1) is 25.0. The van der Waals surface area contributed by atoms with Gasteiger partial charge in [0.25, 0.3) is 0 Å². The molecule has 2 aromatic rings. The Bertz CT molecular complexity index is 1030. The molecule has 30 heavy (non-hydrogen) atoms. The molecule has 0 bridgehead atoms. The Kier molecular flexibility index (Phi) is 8.47. The van der Waals surface area contributed by atoms with E-state index in [1.165, 1.54) is 13.3 Å². The second kappa shape index (κ2) is 10.1. The SMILES string of the molecule is C=C(C)c1c(C#N)nn(-c2c(Cl)cc(C(F)(F)F)cc2Cl)c1N=CN(C)C.CC#N. The zero-order valence-corrected chi connectivity index (χ0v) is 18.0. The fourth-order valence-electron chi connectivity index (χ4n) is 2.26. The van der Waals surface area contributed by atoms with Crippen molar-refractivity contribution < 1.29 is 13.2 Å². The summed E-state index contributed by atoms with van der Waals surface area (Å²) in [6.07, 6.45) is -3.16. The molecule has 0 fully saturated rings. The van der Waals surface area contributed by atoms with Gasteiger partial charge >= 0.3 is 6.18 Å². The van der Waals surface area contributed by atoms with Gasteiger partial charge in [-0.3, -0.25) is 0 Å². The van der Waals surface area contributed by atoms with Gasteiger partial charge in [0.2, 0.25) is 0 Å². The Balaban J connectivity index is 0.00000141. The molecule has 11 heteroatoms. The molecule has 0 saturated heterocycles. The molecule has 0 saturated carbocycles. The molecule has 0 spiro atoms. The predicted octanol–water partition coefficient (Wildman–Crippen LogP) is 5.85. The molecule has 1 heterocycles. The Labute approximate surface area is 182 Å². The van der Waals surface area contributed by atoms with Crippen molar-refractivity contribution in [2.75, 3.05) is 14.1 Å². The van der Waals surface area contributed by atoms with Crippen LogP contribution in [0.5, 0.6) is 0 Å². The van der Waals surface area contributed by atoms with Crippen molar-refractivity contribution in [2.24, 2.45) is 4.99 Å². The zero-order chi connectivity index (χ0) is 23.2. The molecule has 0 radical (unpaired) electrons. The number of rotatable bonds is 4. The molecule has 0 atom stereocenters. The van der Waals surface area contributed by atoms with Crippen molar-refractivity contribution in [3.05, 3.63) is 45.6 Å². The fourth-order valence-corrected chi connectivity index (χ4v) is 2.90. The first-order valence-corrected chi connectivity index (χ1v) is 8.91. The molecule has 0 aliphatic carbocycles. The predicted molar refractivity (Wildman–Crippen MR) is 111 cm³/mol. The van der Waals surface area contributed by atoms with Gasteiger partial charge in [0.15, 0.2) is 11.5 Å². The summed E-state index contributed by atoms with van der Waals surface area (Å²) >= 11 is 12.2. The molecular weight excluding hydrogens is 440 g/mol. The Morgan fingerprint density at radius 2 is 1.77 bits per heavy atom. The van der Waals surface area contributed by atoms with Crippen LogP contribution in [-0.2, 0) is 6.18 Å². The van der Waals surface area contributed by atoms with Gasteiger partial charge in [-0.15, -0.1) is 0 Å². The number of aliphatic imine (C=N–C) groups is 1. The van der Waals surface area contributed by atoms with E-state index in [4.69, 9.17) is 28.5 Å². The van der Waals surface area contributed by atoms with Gasteiger partial charge in [-0.1, -0.05) is 29.8 Å². The van der Waals surface area contributed by atoms with Gasteiger partial charge in [-0.25, -0.2) is 9.67 Å². The summed E-state index contributed by atoms with van der Waals surface area (Å²) in [4.78, 5) is 5.92. The highest BCUT2D eigenvalue weighted by Crippen LogP contribution is 2.40. The average Bonchev–Trinajstić information content (AvgIpc) is 2.97. The van der Waals surface area contributed by atoms with Crippen LogP contribution in [0.4, 0.5) is 19.0 Å². The summed E-state index contributed by atoms with van der Waals surface area (Å²) in [5, 5.41) is 20.3. The number of allylic oxidation sites excluding steroid dienone is 1. The normalized spacial score (nSPS) is 10.8. The van der Waals surface area contributed by atoms with Crippen LogP contribution in [0.3, 0.4) is 0 Å². The van der Waals surface area contributed by atoms with Gasteiger partial charge in [0.05, 0.1) is 33.6 Å². The first-order valence-electron chi connectivity index (χ1n) is 8.16. The van der Waals surface area contributed by atoms with Crippen LogP contribution in [0.25, 0.3) is 11.3 Å².